The molecule has 0 heterocycles. The normalized spacial score (nSPS) is 16.4. The topological polar surface area (TPSA) is 136 Å². The smallest absolute Gasteiger partial charge is 0.391 e. The molecule has 0 rings (SSSR count). The second kappa shape index (κ2) is 7.33. The first-order chi connectivity index (χ1) is 8.06. The van der Waals surface area contributed by atoms with E-state index < -0.39 is 46.2 Å². The van der Waals surface area contributed by atoms with Gasteiger partial charge in [-0.1, -0.05) is 6.92 Å². The summed E-state index contributed by atoms with van der Waals surface area (Å²) in [7, 11) is -9.03. The molecule has 0 amide bonds. The number of hydrogen-bond acceptors (Lipinski definition) is 8. The van der Waals surface area contributed by atoms with Crippen LogP contribution in [0.3, 0.4) is 0 Å². The molecule has 0 aromatic carbocycles. The van der Waals surface area contributed by atoms with Crippen LogP contribution in [-0.4, -0.2) is 51.9 Å². The summed E-state index contributed by atoms with van der Waals surface area (Å²) in [6, 6.07) is 0. The lowest BCUT2D eigenvalue weighted by Gasteiger charge is -2.13. The highest BCUT2D eigenvalue weighted by Crippen LogP contribution is 2.05. The molecule has 0 saturated heterocycles. The second-order valence-electron chi connectivity index (χ2n) is 3.37. The summed E-state index contributed by atoms with van der Waals surface area (Å²) >= 11 is 0. The van der Waals surface area contributed by atoms with Crippen LogP contribution in [0.5, 0.6) is 0 Å². The lowest BCUT2D eigenvalue weighted by Crippen LogP contribution is -2.26. The lowest BCUT2D eigenvalue weighted by molar-refractivity contribution is 0.0761. The van der Waals surface area contributed by atoms with Crippen LogP contribution in [0.15, 0.2) is 0 Å². The molecule has 0 aliphatic rings. The highest BCUT2D eigenvalue weighted by atomic mass is 32.3. The van der Waals surface area contributed by atoms with Crippen LogP contribution in [0, 0.1) is 0 Å². The Morgan fingerprint density at radius 2 is 1.67 bits per heavy atom. The summed E-state index contributed by atoms with van der Waals surface area (Å²) in [4.78, 5) is 0. The Morgan fingerprint density at radius 1 is 1.11 bits per heavy atom. The molecule has 11 heteroatoms. The van der Waals surface area contributed by atoms with Crippen LogP contribution < -0.4 is 0 Å². The van der Waals surface area contributed by atoms with E-state index in [0.29, 0.717) is 6.42 Å². The van der Waals surface area contributed by atoms with E-state index in [4.69, 9.17) is 9.66 Å². The van der Waals surface area contributed by atoms with Gasteiger partial charge in [0.1, 0.15) is 6.10 Å². The second-order valence-corrected chi connectivity index (χ2v) is 5.71. The van der Waals surface area contributed by atoms with Crippen molar-refractivity contribution in [3.8, 4) is 0 Å². The van der Waals surface area contributed by atoms with Crippen molar-refractivity contribution < 1.29 is 39.0 Å². The van der Waals surface area contributed by atoms with Gasteiger partial charge >= 0.3 is 20.8 Å². The third-order valence-corrected chi connectivity index (χ3v) is 3.03. The van der Waals surface area contributed by atoms with Crippen LogP contribution in [-0.2, 0) is 33.3 Å². The molecule has 0 aromatic heterocycles. The molecular formula is C7H16O9S2. The van der Waals surface area contributed by atoms with E-state index in [0.717, 1.165) is 0 Å². The fraction of sp³-hybridized carbons (Fsp3) is 1.00. The standard InChI is InChI=1S/C7H16O9S2/c1-3-7(8)5-15-18(12,13)16-6(2)4-14-17(9,10)11/h6-8H,3-5H2,1-2H3,(H,9,10,11). The Bertz CT molecular complexity index is 426. The number of aliphatic hydroxyl groups excluding tert-OH is 1. The molecule has 9 nitrogen and oxygen atoms in total. The Hall–Kier alpha value is -0.300. The predicted molar refractivity (Wildman–Crippen MR) is 59.2 cm³/mol. The molecule has 2 N–H and O–H groups in total. The third kappa shape index (κ3) is 9.70. The summed E-state index contributed by atoms with van der Waals surface area (Å²) < 4.78 is 63.6. The molecule has 0 spiro atoms. The zero-order valence-corrected chi connectivity index (χ0v) is 11.5. The van der Waals surface area contributed by atoms with Gasteiger partial charge in [-0.15, -0.1) is 0 Å². The van der Waals surface area contributed by atoms with Crippen LogP contribution in [0.25, 0.3) is 0 Å². The summed E-state index contributed by atoms with van der Waals surface area (Å²) in [5.74, 6) is 0. The predicted octanol–water partition coefficient (Wildman–Crippen LogP) is -0.757. The minimum atomic E-state index is -4.66. The van der Waals surface area contributed by atoms with E-state index in [1.54, 1.807) is 6.92 Å². The van der Waals surface area contributed by atoms with Gasteiger partial charge in [0.2, 0.25) is 0 Å². The maximum absolute atomic E-state index is 11.2. The first-order valence-electron chi connectivity index (χ1n) is 4.93. The summed E-state index contributed by atoms with van der Waals surface area (Å²) in [6.07, 6.45) is -1.83. The van der Waals surface area contributed by atoms with Gasteiger partial charge in [0.05, 0.1) is 19.3 Å². The Balaban J connectivity index is 4.16. The number of rotatable bonds is 9. The van der Waals surface area contributed by atoms with Gasteiger partial charge in [0.15, 0.2) is 0 Å². The number of aliphatic hydroxyl groups is 1. The van der Waals surface area contributed by atoms with Gasteiger partial charge in [-0.05, 0) is 13.3 Å². The molecule has 0 bridgehead atoms. The minimum Gasteiger partial charge on any atom is -0.391 e. The molecule has 0 saturated carbocycles. The van der Waals surface area contributed by atoms with Gasteiger partial charge in [-0.2, -0.15) is 16.8 Å². The van der Waals surface area contributed by atoms with Crippen molar-refractivity contribution in [3.63, 3.8) is 0 Å². The van der Waals surface area contributed by atoms with Gasteiger partial charge in [-0.25, -0.2) is 12.5 Å². The largest absolute Gasteiger partial charge is 0.400 e. The van der Waals surface area contributed by atoms with E-state index >= 15 is 0 Å². The summed E-state index contributed by atoms with van der Waals surface area (Å²) in [5.41, 5.74) is 0. The first-order valence-corrected chi connectivity index (χ1v) is 7.63. The molecule has 2 atom stereocenters. The molecule has 0 aliphatic carbocycles. The Labute approximate surface area is 106 Å². The summed E-state index contributed by atoms with van der Waals surface area (Å²) in [6.45, 7) is 1.66. The molecular weight excluding hydrogens is 292 g/mol. The maximum Gasteiger partial charge on any atom is 0.400 e. The van der Waals surface area contributed by atoms with E-state index in [2.05, 4.69) is 12.5 Å². The highest BCUT2D eigenvalue weighted by Gasteiger charge is 2.20. The van der Waals surface area contributed by atoms with Crippen LogP contribution in [0.2, 0.25) is 0 Å². The minimum absolute atomic E-state index is 0.303. The van der Waals surface area contributed by atoms with Gasteiger partial charge < -0.3 is 5.11 Å². The molecule has 2 unspecified atom stereocenters. The molecule has 0 aliphatic heterocycles. The average molecular weight is 308 g/mol. The first kappa shape index (κ1) is 17.7. The highest BCUT2D eigenvalue weighted by molar-refractivity contribution is 7.82. The quantitative estimate of drug-likeness (QED) is 0.527. The van der Waals surface area contributed by atoms with Crippen molar-refractivity contribution in [2.45, 2.75) is 32.5 Å². The molecule has 18 heavy (non-hydrogen) atoms. The van der Waals surface area contributed by atoms with Crippen molar-refractivity contribution in [2.24, 2.45) is 0 Å². The Kier molecular flexibility index (Phi) is 7.21. The fourth-order valence-corrected chi connectivity index (χ4v) is 1.92. The summed E-state index contributed by atoms with van der Waals surface area (Å²) in [5, 5.41) is 9.08. The molecule has 110 valence electrons. The average Bonchev–Trinajstić information content (AvgIpc) is 2.21. The van der Waals surface area contributed by atoms with Crippen molar-refractivity contribution in [1.29, 1.82) is 0 Å². The molecule has 0 fully saturated rings. The SMILES string of the molecule is CCC(O)COS(=O)(=O)OC(C)COS(=O)(=O)O. The van der Waals surface area contributed by atoms with Crippen molar-refractivity contribution in [1.82, 2.24) is 0 Å². The third-order valence-electron chi connectivity index (χ3n) is 1.61. The van der Waals surface area contributed by atoms with Gasteiger partial charge in [0.25, 0.3) is 0 Å². The number of hydrogen-bond donors (Lipinski definition) is 2. The zero-order chi connectivity index (χ0) is 14.4. The van der Waals surface area contributed by atoms with E-state index in [1.165, 1.54) is 6.92 Å². The lowest BCUT2D eigenvalue weighted by atomic mass is 10.3. The zero-order valence-electron chi connectivity index (χ0n) is 9.84. The van der Waals surface area contributed by atoms with E-state index in [1.807, 2.05) is 0 Å². The van der Waals surface area contributed by atoms with Crippen LogP contribution in [0.1, 0.15) is 20.3 Å². The van der Waals surface area contributed by atoms with E-state index in [-0.39, 0.29) is 0 Å². The monoisotopic (exact) mass is 308 g/mol. The fourth-order valence-electron chi connectivity index (χ4n) is 0.718. The maximum atomic E-state index is 11.2. The van der Waals surface area contributed by atoms with Crippen LogP contribution in [0.4, 0.5) is 0 Å². The Morgan fingerprint density at radius 3 is 2.11 bits per heavy atom. The van der Waals surface area contributed by atoms with E-state index in [9.17, 15) is 16.8 Å². The molecule has 0 radical (unpaired) electrons. The van der Waals surface area contributed by atoms with Gasteiger partial charge in [-0.3, -0.25) is 4.55 Å². The molecule has 0 aromatic rings. The van der Waals surface area contributed by atoms with Gasteiger partial charge in [0, 0.05) is 0 Å². The van der Waals surface area contributed by atoms with Crippen molar-refractivity contribution in [2.75, 3.05) is 13.2 Å². The van der Waals surface area contributed by atoms with Crippen molar-refractivity contribution in [3.05, 3.63) is 0 Å². The van der Waals surface area contributed by atoms with Crippen molar-refractivity contribution >= 4 is 20.8 Å². The van der Waals surface area contributed by atoms with Crippen LogP contribution >= 0.6 is 0 Å².